The molecular formula is C21H26N2O2S. The van der Waals surface area contributed by atoms with Crippen molar-refractivity contribution in [3.8, 4) is 5.88 Å². The third-order valence-electron chi connectivity index (χ3n) is 4.61. The molecule has 1 N–H and O–H groups in total. The number of rotatable bonds is 6. The quantitative estimate of drug-likeness (QED) is 0.754. The highest BCUT2D eigenvalue weighted by Crippen LogP contribution is 2.25. The summed E-state index contributed by atoms with van der Waals surface area (Å²) in [7, 11) is 0. The normalized spacial score (nSPS) is 19.8. The number of thioether (sulfide) groups is 1. The summed E-state index contributed by atoms with van der Waals surface area (Å²) >= 11 is 1.71. The number of nitrogens with one attached hydrogen (secondary N) is 1. The number of pyridine rings is 1. The van der Waals surface area contributed by atoms with Crippen molar-refractivity contribution in [2.75, 3.05) is 5.75 Å². The van der Waals surface area contributed by atoms with Crippen molar-refractivity contribution in [1.29, 1.82) is 0 Å². The molecule has 0 bridgehead atoms. The van der Waals surface area contributed by atoms with Gasteiger partial charge >= 0.3 is 0 Å². The fraction of sp³-hybridized carbons (Fsp3) is 0.429. The van der Waals surface area contributed by atoms with Crippen molar-refractivity contribution < 1.29 is 9.53 Å². The van der Waals surface area contributed by atoms with E-state index in [9.17, 15) is 4.79 Å². The van der Waals surface area contributed by atoms with E-state index in [0.29, 0.717) is 5.88 Å². The summed E-state index contributed by atoms with van der Waals surface area (Å²) in [5.74, 6) is 1.68. The maximum atomic E-state index is 12.6. The number of hydrogen-bond donors (Lipinski definition) is 1. The molecule has 1 amide bonds. The molecule has 0 aliphatic heterocycles. The van der Waals surface area contributed by atoms with Gasteiger partial charge in [-0.25, -0.2) is 4.98 Å². The van der Waals surface area contributed by atoms with Gasteiger partial charge < -0.3 is 10.1 Å². The van der Waals surface area contributed by atoms with Crippen LogP contribution in [0.1, 0.15) is 48.5 Å². The third-order valence-corrected chi connectivity index (χ3v) is 5.57. The summed E-state index contributed by atoms with van der Waals surface area (Å²) < 4.78 is 5.97. The van der Waals surface area contributed by atoms with Crippen molar-refractivity contribution in [3.05, 3.63) is 53.7 Å². The third kappa shape index (κ3) is 5.01. The van der Waals surface area contributed by atoms with Crippen molar-refractivity contribution in [2.24, 2.45) is 0 Å². The zero-order valence-electron chi connectivity index (χ0n) is 15.4. The lowest BCUT2D eigenvalue weighted by molar-refractivity contribution is 0.0887. The second kappa shape index (κ2) is 9.08. The number of carbonyl (C=O) groups excluding carboxylic acids is 1. The van der Waals surface area contributed by atoms with E-state index in [1.54, 1.807) is 11.8 Å². The highest BCUT2D eigenvalue weighted by atomic mass is 32.2. The van der Waals surface area contributed by atoms with Gasteiger partial charge in [-0.1, -0.05) is 25.1 Å². The first-order valence-electron chi connectivity index (χ1n) is 9.27. The molecule has 0 spiro atoms. The van der Waals surface area contributed by atoms with E-state index in [4.69, 9.17) is 4.74 Å². The highest BCUT2D eigenvalue weighted by molar-refractivity contribution is 7.99. The van der Waals surface area contributed by atoms with Gasteiger partial charge in [0.25, 0.3) is 5.91 Å². The van der Waals surface area contributed by atoms with Crippen LogP contribution in [0.4, 0.5) is 0 Å². The molecule has 1 aromatic carbocycles. The molecule has 2 aromatic rings. The number of aryl methyl sites for hydroxylation is 1. The molecule has 1 fully saturated rings. The summed E-state index contributed by atoms with van der Waals surface area (Å²) in [4.78, 5) is 18.0. The van der Waals surface area contributed by atoms with Crippen LogP contribution in [0.25, 0.3) is 0 Å². The molecule has 0 radical (unpaired) electrons. The summed E-state index contributed by atoms with van der Waals surface area (Å²) in [5, 5.41) is 3.20. The van der Waals surface area contributed by atoms with Gasteiger partial charge in [-0.3, -0.25) is 4.79 Å². The molecule has 1 heterocycles. The van der Waals surface area contributed by atoms with Gasteiger partial charge in [0, 0.05) is 23.2 Å². The van der Waals surface area contributed by atoms with Crippen LogP contribution in [0.5, 0.6) is 5.88 Å². The van der Waals surface area contributed by atoms with Crippen LogP contribution in [-0.2, 0) is 0 Å². The molecule has 1 aliphatic rings. The van der Waals surface area contributed by atoms with Crippen LogP contribution in [0, 0.1) is 6.92 Å². The maximum absolute atomic E-state index is 12.6. The van der Waals surface area contributed by atoms with E-state index >= 15 is 0 Å². The van der Waals surface area contributed by atoms with Gasteiger partial charge in [-0.05, 0) is 56.1 Å². The Bertz CT molecular complexity index is 725. The Morgan fingerprint density at radius 1 is 1.19 bits per heavy atom. The Labute approximate surface area is 159 Å². The fourth-order valence-corrected chi connectivity index (χ4v) is 4.02. The zero-order chi connectivity index (χ0) is 18.4. The molecule has 0 saturated heterocycles. The van der Waals surface area contributed by atoms with Gasteiger partial charge in [0.2, 0.25) is 5.88 Å². The van der Waals surface area contributed by atoms with Crippen LogP contribution in [0.15, 0.2) is 47.5 Å². The zero-order valence-corrected chi connectivity index (χ0v) is 16.2. The van der Waals surface area contributed by atoms with Crippen LogP contribution in [-0.4, -0.2) is 28.8 Å². The molecule has 138 valence electrons. The van der Waals surface area contributed by atoms with E-state index in [0.717, 1.165) is 47.5 Å². The van der Waals surface area contributed by atoms with Gasteiger partial charge in [-0.15, -0.1) is 11.8 Å². The van der Waals surface area contributed by atoms with Crippen molar-refractivity contribution >= 4 is 17.7 Å². The predicted molar refractivity (Wildman–Crippen MR) is 106 cm³/mol. The second-order valence-electron chi connectivity index (χ2n) is 6.67. The molecule has 4 nitrogen and oxygen atoms in total. The number of ether oxygens (including phenoxy) is 1. The Hall–Kier alpha value is -2.01. The number of hydrogen-bond acceptors (Lipinski definition) is 4. The minimum atomic E-state index is 0.0334. The smallest absolute Gasteiger partial charge is 0.252 e. The van der Waals surface area contributed by atoms with Crippen molar-refractivity contribution in [3.63, 3.8) is 0 Å². The molecule has 1 saturated carbocycles. The Morgan fingerprint density at radius 2 is 1.96 bits per heavy atom. The molecule has 0 atom stereocenters. The summed E-state index contributed by atoms with van der Waals surface area (Å²) in [6, 6.07) is 12.0. The number of carbonyl (C=O) groups is 1. The molecule has 1 aromatic heterocycles. The van der Waals surface area contributed by atoms with E-state index < -0.39 is 0 Å². The lowest BCUT2D eigenvalue weighted by atomic mass is 9.92. The molecule has 0 unspecified atom stereocenters. The largest absolute Gasteiger partial charge is 0.474 e. The lowest BCUT2D eigenvalue weighted by Gasteiger charge is -2.29. The molecule has 3 rings (SSSR count). The molecular weight excluding hydrogens is 344 g/mol. The summed E-state index contributed by atoms with van der Waals surface area (Å²) in [6.45, 7) is 4.12. The van der Waals surface area contributed by atoms with Crippen LogP contribution in [0.2, 0.25) is 0 Å². The average molecular weight is 371 g/mol. The highest BCUT2D eigenvalue weighted by Gasteiger charge is 2.24. The predicted octanol–water partition coefficient (Wildman–Crippen LogP) is 4.62. The second-order valence-corrected chi connectivity index (χ2v) is 7.97. The Balaban J connectivity index is 1.51. The van der Waals surface area contributed by atoms with Crippen LogP contribution >= 0.6 is 11.8 Å². The van der Waals surface area contributed by atoms with Crippen LogP contribution < -0.4 is 10.1 Å². The first-order chi connectivity index (χ1) is 12.7. The van der Waals surface area contributed by atoms with Gasteiger partial charge in [0.05, 0.1) is 5.56 Å². The van der Waals surface area contributed by atoms with E-state index in [1.807, 2.05) is 49.5 Å². The summed E-state index contributed by atoms with van der Waals surface area (Å²) in [6.07, 6.45) is 5.75. The Kier molecular flexibility index (Phi) is 6.56. The van der Waals surface area contributed by atoms with Gasteiger partial charge in [0.1, 0.15) is 6.10 Å². The van der Waals surface area contributed by atoms with Crippen molar-refractivity contribution in [2.45, 2.75) is 56.6 Å². The summed E-state index contributed by atoms with van der Waals surface area (Å²) in [5.41, 5.74) is 1.91. The fourth-order valence-electron chi connectivity index (χ4n) is 3.22. The first-order valence-corrected chi connectivity index (χ1v) is 10.3. The number of nitrogens with zero attached hydrogens (tertiary/aromatic N) is 1. The topological polar surface area (TPSA) is 51.2 Å². The molecule has 5 heteroatoms. The van der Waals surface area contributed by atoms with Gasteiger partial charge in [-0.2, -0.15) is 0 Å². The van der Waals surface area contributed by atoms with Crippen molar-refractivity contribution in [1.82, 2.24) is 10.3 Å². The monoisotopic (exact) mass is 370 g/mol. The van der Waals surface area contributed by atoms with E-state index in [-0.39, 0.29) is 18.1 Å². The lowest BCUT2D eigenvalue weighted by Crippen LogP contribution is -2.39. The van der Waals surface area contributed by atoms with Gasteiger partial charge in [0.15, 0.2) is 0 Å². The number of amides is 1. The van der Waals surface area contributed by atoms with E-state index in [2.05, 4.69) is 17.2 Å². The number of benzene rings is 1. The SMILES string of the molecule is CCSc1ccccc1C(=O)NC1CCC(Oc2ccc(C)cn2)CC1. The number of aromatic nitrogens is 1. The molecule has 1 aliphatic carbocycles. The maximum Gasteiger partial charge on any atom is 0.252 e. The average Bonchev–Trinajstić information content (AvgIpc) is 2.66. The Morgan fingerprint density at radius 3 is 2.65 bits per heavy atom. The first kappa shape index (κ1) is 18.8. The minimum absolute atomic E-state index is 0.0334. The standard InChI is InChI=1S/C21H26N2O2S/c1-3-26-19-7-5-4-6-18(19)21(24)23-16-9-11-17(12-10-16)25-20-13-8-15(2)14-22-20/h4-8,13-14,16-17H,3,9-12H2,1-2H3,(H,23,24). The minimum Gasteiger partial charge on any atom is -0.474 e. The molecule has 26 heavy (non-hydrogen) atoms. The van der Waals surface area contributed by atoms with Crippen LogP contribution in [0.3, 0.4) is 0 Å². The van der Waals surface area contributed by atoms with E-state index in [1.165, 1.54) is 0 Å².